The van der Waals surface area contributed by atoms with Crippen LogP contribution in [0.5, 0.6) is 5.75 Å². The van der Waals surface area contributed by atoms with Gasteiger partial charge in [0.2, 0.25) is 0 Å². The molecule has 0 aliphatic rings. The van der Waals surface area contributed by atoms with Crippen molar-refractivity contribution in [2.45, 2.75) is 19.3 Å². The van der Waals surface area contributed by atoms with Crippen molar-refractivity contribution in [2.75, 3.05) is 12.8 Å². The highest BCUT2D eigenvalue weighted by atomic mass is 16.5. The zero-order valence-electron chi connectivity index (χ0n) is 11.6. The Morgan fingerprint density at radius 3 is 2.55 bits per heavy atom. The zero-order chi connectivity index (χ0) is 14.4. The van der Waals surface area contributed by atoms with Crippen LogP contribution in [0.2, 0.25) is 0 Å². The number of nitrogens with two attached hydrogens (primary N) is 1. The van der Waals surface area contributed by atoms with E-state index in [-0.39, 0.29) is 5.78 Å². The van der Waals surface area contributed by atoms with Gasteiger partial charge in [0.1, 0.15) is 5.75 Å². The molecule has 104 valence electrons. The van der Waals surface area contributed by atoms with Gasteiger partial charge in [0.05, 0.1) is 12.8 Å². The van der Waals surface area contributed by atoms with Crippen LogP contribution < -0.4 is 10.5 Å². The molecule has 3 heteroatoms. The molecule has 0 bridgehead atoms. The van der Waals surface area contributed by atoms with Gasteiger partial charge in [0, 0.05) is 12.0 Å². The summed E-state index contributed by atoms with van der Waals surface area (Å²) in [6, 6.07) is 15.5. The molecule has 0 atom stereocenters. The zero-order valence-corrected chi connectivity index (χ0v) is 11.6. The number of benzene rings is 2. The Bertz CT molecular complexity index is 579. The van der Waals surface area contributed by atoms with Crippen LogP contribution in [-0.4, -0.2) is 12.9 Å². The van der Waals surface area contributed by atoms with Crippen molar-refractivity contribution in [1.82, 2.24) is 0 Å². The van der Waals surface area contributed by atoms with E-state index >= 15 is 0 Å². The summed E-state index contributed by atoms with van der Waals surface area (Å²) in [7, 11) is 1.55. The van der Waals surface area contributed by atoms with E-state index in [1.807, 2.05) is 18.2 Å². The number of nitrogen functional groups attached to an aromatic ring is 1. The summed E-state index contributed by atoms with van der Waals surface area (Å²) in [4.78, 5) is 12.2. The van der Waals surface area contributed by atoms with Crippen molar-refractivity contribution in [3.8, 4) is 5.75 Å². The van der Waals surface area contributed by atoms with Gasteiger partial charge in [0.25, 0.3) is 0 Å². The molecule has 3 nitrogen and oxygen atoms in total. The number of hydrogen-bond donors (Lipinski definition) is 1. The number of Topliss-reactive ketones (excluding diaryl/α,β-unsaturated/α-hetero) is 1. The summed E-state index contributed by atoms with van der Waals surface area (Å²) >= 11 is 0. The van der Waals surface area contributed by atoms with Gasteiger partial charge in [-0.25, -0.2) is 0 Å². The smallest absolute Gasteiger partial charge is 0.165 e. The van der Waals surface area contributed by atoms with Crippen molar-refractivity contribution in [3.63, 3.8) is 0 Å². The number of carbonyl (C=O) groups is 1. The minimum absolute atomic E-state index is 0.0670. The fraction of sp³-hybridized carbons (Fsp3) is 0.235. The maximum Gasteiger partial charge on any atom is 0.165 e. The average molecular weight is 269 g/mol. The maximum atomic E-state index is 12.2. The van der Waals surface area contributed by atoms with Gasteiger partial charge in [-0.1, -0.05) is 36.4 Å². The number of anilines is 1. The molecule has 0 aliphatic carbocycles. The SMILES string of the molecule is COc1cccc(C(=O)CCCc2ccccc2)c1N. The molecule has 0 aromatic heterocycles. The number of rotatable bonds is 6. The molecule has 0 unspecified atom stereocenters. The van der Waals surface area contributed by atoms with Crippen LogP contribution in [0.1, 0.15) is 28.8 Å². The van der Waals surface area contributed by atoms with Crippen molar-refractivity contribution in [2.24, 2.45) is 0 Å². The highest BCUT2D eigenvalue weighted by Gasteiger charge is 2.12. The van der Waals surface area contributed by atoms with Crippen molar-refractivity contribution < 1.29 is 9.53 Å². The number of methoxy groups -OCH3 is 1. The Morgan fingerprint density at radius 2 is 1.85 bits per heavy atom. The molecule has 0 radical (unpaired) electrons. The second-order valence-corrected chi connectivity index (χ2v) is 4.68. The lowest BCUT2D eigenvalue weighted by atomic mass is 10.0. The predicted octanol–water partition coefficient (Wildman–Crippen LogP) is 3.48. The Balaban J connectivity index is 1.95. The first-order chi connectivity index (χ1) is 9.72. The van der Waals surface area contributed by atoms with Crippen LogP contribution in [-0.2, 0) is 6.42 Å². The monoisotopic (exact) mass is 269 g/mol. The molecule has 0 heterocycles. The molecule has 2 rings (SSSR count). The molecule has 2 aromatic rings. The average Bonchev–Trinajstić information content (AvgIpc) is 2.48. The van der Waals surface area contributed by atoms with Gasteiger partial charge in [-0.05, 0) is 30.5 Å². The van der Waals surface area contributed by atoms with E-state index in [1.165, 1.54) is 5.56 Å². The molecule has 0 aliphatic heterocycles. The predicted molar refractivity (Wildman–Crippen MR) is 81.1 cm³/mol. The van der Waals surface area contributed by atoms with E-state index in [4.69, 9.17) is 10.5 Å². The molecular formula is C17H19NO2. The standard InChI is InChI=1S/C17H19NO2/c1-20-16-12-6-10-14(17(16)18)15(19)11-5-9-13-7-3-2-4-8-13/h2-4,6-8,10,12H,5,9,11,18H2,1H3. The lowest BCUT2D eigenvalue weighted by Gasteiger charge is -2.09. The Labute approximate surface area is 119 Å². The summed E-state index contributed by atoms with van der Waals surface area (Å²) in [5.41, 5.74) is 8.16. The van der Waals surface area contributed by atoms with Gasteiger partial charge in [-0.15, -0.1) is 0 Å². The van der Waals surface area contributed by atoms with E-state index in [0.29, 0.717) is 23.4 Å². The first kappa shape index (κ1) is 14.1. The van der Waals surface area contributed by atoms with E-state index in [0.717, 1.165) is 12.8 Å². The summed E-state index contributed by atoms with van der Waals surface area (Å²) in [6.07, 6.45) is 2.21. The van der Waals surface area contributed by atoms with E-state index < -0.39 is 0 Å². The van der Waals surface area contributed by atoms with Gasteiger partial charge < -0.3 is 10.5 Å². The number of ketones is 1. The lowest BCUT2D eigenvalue weighted by Crippen LogP contribution is -2.05. The van der Waals surface area contributed by atoms with Gasteiger partial charge >= 0.3 is 0 Å². The first-order valence-electron chi connectivity index (χ1n) is 6.72. The van der Waals surface area contributed by atoms with Crippen LogP contribution in [0.25, 0.3) is 0 Å². The highest BCUT2D eigenvalue weighted by Crippen LogP contribution is 2.26. The molecule has 0 fully saturated rings. The quantitative estimate of drug-likeness (QED) is 0.645. The van der Waals surface area contributed by atoms with Gasteiger partial charge in [-0.2, -0.15) is 0 Å². The molecule has 2 aromatic carbocycles. The van der Waals surface area contributed by atoms with Crippen LogP contribution in [0, 0.1) is 0 Å². The highest BCUT2D eigenvalue weighted by molar-refractivity contribution is 6.01. The van der Waals surface area contributed by atoms with Crippen LogP contribution in [0.15, 0.2) is 48.5 Å². The van der Waals surface area contributed by atoms with E-state index in [2.05, 4.69) is 12.1 Å². The molecule has 0 saturated heterocycles. The first-order valence-corrected chi connectivity index (χ1v) is 6.72. The number of carbonyl (C=O) groups excluding carboxylic acids is 1. The number of hydrogen-bond acceptors (Lipinski definition) is 3. The Morgan fingerprint density at radius 1 is 1.10 bits per heavy atom. The molecule has 20 heavy (non-hydrogen) atoms. The minimum Gasteiger partial charge on any atom is -0.495 e. The summed E-state index contributed by atoms with van der Waals surface area (Å²) in [5, 5.41) is 0. The van der Waals surface area contributed by atoms with Gasteiger partial charge in [0.15, 0.2) is 5.78 Å². The van der Waals surface area contributed by atoms with Crippen LogP contribution in [0.4, 0.5) is 5.69 Å². The topological polar surface area (TPSA) is 52.3 Å². The largest absolute Gasteiger partial charge is 0.495 e. The number of aryl methyl sites for hydroxylation is 1. The van der Waals surface area contributed by atoms with E-state index in [1.54, 1.807) is 25.3 Å². The second-order valence-electron chi connectivity index (χ2n) is 4.68. The van der Waals surface area contributed by atoms with Gasteiger partial charge in [-0.3, -0.25) is 4.79 Å². The molecule has 2 N–H and O–H groups in total. The molecule has 0 spiro atoms. The third-order valence-electron chi connectivity index (χ3n) is 3.30. The fourth-order valence-corrected chi connectivity index (χ4v) is 2.20. The Hall–Kier alpha value is -2.29. The van der Waals surface area contributed by atoms with Crippen molar-refractivity contribution in [3.05, 3.63) is 59.7 Å². The second kappa shape index (κ2) is 6.75. The third-order valence-corrected chi connectivity index (χ3v) is 3.30. The summed E-state index contributed by atoms with van der Waals surface area (Å²) in [5.74, 6) is 0.622. The maximum absolute atomic E-state index is 12.2. The summed E-state index contributed by atoms with van der Waals surface area (Å²) < 4.78 is 5.13. The third kappa shape index (κ3) is 3.38. The van der Waals surface area contributed by atoms with E-state index in [9.17, 15) is 4.79 Å². The number of para-hydroxylation sites is 1. The van der Waals surface area contributed by atoms with Crippen LogP contribution >= 0.6 is 0 Å². The molecule has 0 amide bonds. The van der Waals surface area contributed by atoms with Crippen molar-refractivity contribution in [1.29, 1.82) is 0 Å². The number of ether oxygens (including phenoxy) is 1. The Kier molecular flexibility index (Phi) is 4.77. The summed E-state index contributed by atoms with van der Waals surface area (Å²) in [6.45, 7) is 0. The molecular weight excluding hydrogens is 250 g/mol. The van der Waals surface area contributed by atoms with Crippen molar-refractivity contribution >= 4 is 11.5 Å². The lowest BCUT2D eigenvalue weighted by molar-refractivity contribution is 0.0981. The van der Waals surface area contributed by atoms with Crippen LogP contribution in [0.3, 0.4) is 0 Å². The molecule has 0 saturated carbocycles. The normalized spacial score (nSPS) is 10.2. The fourth-order valence-electron chi connectivity index (χ4n) is 2.20. The minimum atomic E-state index is 0.0670.